The topological polar surface area (TPSA) is 108 Å². The summed E-state index contributed by atoms with van der Waals surface area (Å²) in [6, 6.07) is 5.37. The molecule has 6 atom stereocenters. The molecule has 3 N–H and O–H groups in total. The van der Waals surface area contributed by atoms with E-state index >= 15 is 0 Å². The van der Waals surface area contributed by atoms with Crippen LogP contribution in [0.15, 0.2) is 24.3 Å². The number of halogens is 1. The molecule has 1 aromatic carbocycles. The number of ether oxygens (including phenoxy) is 1. The molecular weight excluding hydrogens is 458 g/mol. The highest BCUT2D eigenvalue weighted by molar-refractivity contribution is 6.33. The Balaban J connectivity index is 1.78. The lowest BCUT2D eigenvalue weighted by Crippen LogP contribution is -2.56. The SMILES string of the molecule is CCCNC(=O)[C@@H]1[C@H]2C(=O)N([C@@H](CC)CO)C(C(=O)Nc3ccccc3Cl)C23CC[C@@]1(CC)O3. The molecule has 8 nitrogen and oxygen atoms in total. The van der Waals surface area contributed by atoms with Crippen LogP contribution in [0.5, 0.6) is 0 Å². The molecule has 3 fully saturated rings. The zero-order valence-electron chi connectivity index (χ0n) is 20.0. The number of benzene rings is 1. The van der Waals surface area contributed by atoms with E-state index in [1.807, 2.05) is 20.8 Å². The summed E-state index contributed by atoms with van der Waals surface area (Å²) < 4.78 is 6.68. The second kappa shape index (κ2) is 9.47. The van der Waals surface area contributed by atoms with Crippen molar-refractivity contribution in [1.82, 2.24) is 10.2 Å². The van der Waals surface area contributed by atoms with Crippen molar-refractivity contribution in [1.29, 1.82) is 0 Å². The number of aliphatic hydroxyl groups is 1. The number of carbonyl (C=O) groups excluding carboxylic acids is 3. The molecule has 2 bridgehead atoms. The molecule has 186 valence electrons. The van der Waals surface area contributed by atoms with Crippen molar-refractivity contribution < 1.29 is 24.2 Å². The highest BCUT2D eigenvalue weighted by atomic mass is 35.5. The molecule has 3 aliphatic rings. The molecule has 3 saturated heterocycles. The normalized spacial score (nSPS) is 32.6. The molecule has 1 aromatic rings. The summed E-state index contributed by atoms with van der Waals surface area (Å²) in [7, 11) is 0. The Morgan fingerprint density at radius 1 is 1.24 bits per heavy atom. The molecule has 3 aliphatic heterocycles. The minimum Gasteiger partial charge on any atom is -0.394 e. The van der Waals surface area contributed by atoms with E-state index < -0.39 is 41.0 Å². The third kappa shape index (κ3) is 3.62. The van der Waals surface area contributed by atoms with Gasteiger partial charge in [-0.3, -0.25) is 14.4 Å². The van der Waals surface area contributed by atoms with E-state index in [0.29, 0.717) is 42.9 Å². The van der Waals surface area contributed by atoms with Gasteiger partial charge in [0, 0.05) is 6.54 Å². The fourth-order valence-electron chi connectivity index (χ4n) is 6.28. The van der Waals surface area contributed by atoms with Crippen LogP contribution in [0, 0.1) is 11.8 Å². The number of hydrogen-bond donors (Lipinski definition) is 3. The number of rotatable bonds is 9. The highest BCUT2D eigenvalue weighted by Gasteiger charge is 2.79. The van der Waals surface area contributed by atoms with E-state index in [4.69, 9.17) is 16.3 Å². The Labute approximate surface area is 205 Å². The van der Waals surface area contributed by atoms with Crippen LogP contribution in [0.1, 0.15) is 52.9 Å². The van der Waals surface area contributed by atoms with Gasteiger partial charge in [0.1, 0.15) is 11.6 Å². The van der Waals surface area contributed by atoms with Gasteiger partial charge in [-0.15, -0.1) is 0 Å². The van der Waals surface area contributed by atoms with Crippen LogP contribution >= 0.6 is 11.6 Å². The number of nitrogens with zero attached hydrogens (tertiary/aromatic N) is 1. The Bertz CT molecular complexity index is 970. The molecule has 4 rings (SSSR count). The molecule has 0 aromatic heterocycles. The predicted octanol–water partition coefficient (Wildman–Crippen LogP) is 2.73. The van der Waals surface area contributed by atoms with E-state index in [0.717, 1.165) is 6.42 Å². The fourth-order valence-corrected chi connectivity index (χ4v) is 6.47. The number of fused-ring (bicyclic) bond motifs is 1. The molecule has 9 heteroatoms. The van der Waals surface area contributed by atoms with Gasteiger partial charge in [-0.05, 0) is 44.2 Å². The van der Waals surface area contributed by atoms with Crippen molar-refractivity contribution in [2.24, 2.45) is 11.8 Å². The molecular formula is C25H34ClN3O5. The first-order chi connectivity index (χ1) is 16.3. The third-order valence-corrected chi connectivity index (χ3v) is 8.24. The molecule has 3 amide bonds. The lowest BCUT2D eigenvalue weighted by molar-refractivity contribution is -0.149. The number of carbonyl (C=O) groups is 3. The number of likely N-dealkylation sites (tertiary alicyclic amines) is 1. The average Bonchev–Trinajstić information content (AvgIpc) is 3.44. The van der Waals surface area contributed by atoms with Gasteiger partial charge < -0.3 is 25.4 Å². The number of nitrogens with one attached hydrogen (secondary N) is 2. The quantitative estimate of drug-likeness (QED) is 0.492. The minimum absolute atomic E-state index is 0.201. The fraction of sp³-hybridized carbons (Fsp3) is 0.640. The van der Waals surface area contributed by atoms with Gasteiger partial charge >= 0.3 is 0 Å². The average molecular weight is 492 g/mol. The molecule has 0 saturated carbocycles. The lowest BCUT2D eigenvalue weighted by atomic mass is 9.65. The van der Waals surface area contributed by atoms with Gasteiger partial charge in [0.2, 0.25) is 17.7 Å². The van der Waals surface area contributed by atoms with Gasteiger partial charge in [0.15, 0.2) is 0 Å². The number of amides is 3. The van der Waals surface area contributed by atoms with Crippen LogP contribution in [-0.2, 0) is 19.1 Å². The van der Waals surface area contributed by atoms with E-state index in [9.17, 15) is 19.5 Å². The van der Waals surface area contributed by atoms with Crippen LogP contribution in [0.2, 0.25) is 5.02 Å². The minimum atomic E-state index is -1.13. The maximum absolute atomic E-state index is 14.0. The van der Waals surface area contributed by atoms with Crippen LogP contribution in [0.4, 0.5) is 5.69 Å². The monoisotopic (exact) mass is 491 g/mol. The zero-order chi connectivity index (χ0) is 24.7. The van der Waals surface area contributed by atoms with Crippen molar-refractivity contribution in [3.8, 4) is 0 Å². The summed E-state index contributed by atoms with van der Waals surface area (Å²) >= 11 is 6.28. The first-order valence-electron chi connectivity index (χ1n) is 12.3. The standard InChI is InChI=1S/C25H34ClN3O5/c1-4-13-27-21(31)18-19-23(33)29(15(5-2)14-30)20(25(19)12-11-24(18,6-3)34-25)22(32)28-17-10-8-7-9-16(17)26/h7-10,15,18-20,30H,4-6,11-14H2,1-3H3,(H,27,31)(H,28,32)/t15-,18-,19-,20?,24+,25?/m0/s1. The van der Waals surface area contributed by atoms with Crippen LogP contribution in [0.3, 0.4) is 0 Å². The maximum Gasteiger partial charge on any atom is 0.250 e. The van der Waals surface area contributed by atoms with E-state index in [1.54, 1.807) is 24.3 Å². The van der Waals surface area contributed by atoms with Gasteiger partial charge in [-0.2, -0.15) is 0 Å². The van der Waals surface area contributed by atoms with Crippen molar-refractivity contribution >= 4 is 35.0 Å². The van der Waals surface area contributed by atoms with Gasteiger partial charge in [0.05, 0.1) is 40.8 Å². The smallest absolute Gasteiger partial charge is 0.250 e. The van der Waals surface area contributed by atoms with Crippen LogP contribution in [0.25, 0.3) is 0 Å². The Hall–Kier alpha value is -2.16. The summed E-state index contributed by atoms with van der Waals surface area (Å²) in [6.07, 6.45) is 2.90. The number of anilines is 1. The summed E-state index contributed by atoms with van der Waals surface area (Å²) in [5.74, 6) is -2.38. The van der Waals surface area contributed by atoms with Crippen molar-refractivity contribution in [3.63, 3.8) is 0 Å². The molecule has 1 spiro atoms. The summed E-state index contributed by atoms with van der Waals surface area (Å²) in [4.78, 5) is 42.6. The lowest BCUT2D eigenvalue weighted by Gasteiger charge is -2.37. The van der Waals surface area contributed by atoms with E-state index in [-0.39, 0.29) is 18.4 Å². The Morgan fingerprint density at radius 2 is 1.97 bits per heavy atom. The number of para-hydroxylation sites is 1. The van der Waals surface area contributed by atoms with E-state index in [1.165, 1.54) is 4.90 Å². The number of hydrogen-bond acceptors (Lipinski definition) is 5. The molecule has 34 heavy (non-hydrogen) atoms. The van der Waals surface area contributed by atoms with Crippen LogP contribution < -0.4 is 10.6 Å². The highest BCUT2D eigenvalue weighted by Crippen LogP contribution is 2.64. The molecule has 3 heterocycles. The van der Waals surface area contributed by atoms with Gasteiger partial charge in [0.25, 0.3) is 0 Å². The van der Waals surface area contributed by atoms with Crippen LogP contribution in [-0.4, -0.2) is 64.2 Å². The predicted molar refractivity (Wildman–Crippen MR) is 128 cm³/mol. The Kier molecular flexibility index (Phi) is 6.95. The summed E-state index contributed by atoms with van der Waals surface area (Å²) in [5.41, 5.74) is -1.47. The summed E-state index contributed by atoms with van der Waals surface area (Å²) in [6.45, 7) is 6.02. The zero-order valence-corrected chi connectivity index (χ0v) is 20.7. The van der Waals surface area contributed by atoms with Gasteiger partial charge in [-0.1, -0.05) is 44.5 Å². The maximum atomic E-state index is 14.0. The second-order valence-electron chi connectivity index (χ2n) is 9.58. The molecule has 2 unspecified atom stereocenters. The van der Waals surface area contributed by atoms with Crippen molar-refractivity contribution in [3.05, 3.63) is 29.3 Å². The van der Waals surface area contributed by atoms with Crippen molar-refractivity contribution in [2.45, 2.75) is 76.2 Å². The summed E-state index contributed by atoms with van der Waals surface area (Å²) in [5, 5.41) is 16.3. The van der Waals surface area contributed by atoms with Gasteiger partial charge in [-0.25, -0.2) is 0 Å². The first-order valence-corrected chi connectivity index (χ1v) is 12.6. The first kappa shape index (κ1) is 24.9. The Morgan fingerprint density at radius 3 is 2.59 bits per heavy atom. The number of aliphatic hydroxyl groups excluding tert-OH is 1. The largest absolute Gasteiger partial charge is 0.394 e. The molecule has 0 aliphatic carbocycles. The van der Waals surface area contributed by atoms with Crippen molar-refractivity contribution in [2.75, 3.05) is 18.5 Å². The second-order valence-corrected chi connectivity index (χ2v) is 9.99. The van der Waals surface area contributed by atoms with E-state index in [2.05, 4.69) is 10.6 Å². The molecule has 0 radical (unpaired) electrons. The third-order valence-electron chi connectivity index (χ3n) is 7.91.